The second kappa shape index (κ2) is 4.81. The van der Waals surface area contributed by atoms with Crippen molar-refractivity contribution in [2.45, 2.75) is 38.3 Å². The smallest absolute Gasteiger partial charge is 0.0349 e. The van der Waals surface area contributed by atoms with Crippen molar-refractivity contribution in [2.75, 3.05) is 33.2 Å². The maximum atomic E-state index is 5.90. The van der Waals surface area contributed by atoms with Gasteiger partial charge in [-0.1, -0.05) is 13.3 Å². The minimum atomic E-state index is 0.592. The van der Waals surface area contributed by atoms with Gasteiger partial charge in [-0.2, -0.15) is 0 Å². The molecule has 3 heteroatoms. The monoisotopic (exact) mass is 211 g/mol. The number of hydrogen-bond acceptors (Lipinski definition) is 3. The molecule has 1 aliphatic carbocycles. The van der Waals surface area contributed by atoms with Crippen LogP contribution < -0.4 is 5.73 Å². The van der Waals surface area contributed by atoms with Crippen LogP contribution in [-0.4, -0.2) is 55.1 Å². The van der Waals surface area contributed by atoms with Crippen LogP contribution in [-0.2, 0) is 0 Å². The summed E-state index contributed by atoms with van der Waals surface area (Å²) < 4.78 is 0. The van der Waals surface area contributed by atoms with Gasteiger partial charge in [0.1, 0.15) is 0 Å². The molecular formula is C12H25N3. The van der Waals surface area contributed by atoms with Crippen molar-refractivity contribution in [1.82, 2.24) is 9.80 Å². The second-order valence-corrected chi connectivity index (χ2v) is 5.37. The van der Waals surface area contributed by atoms with Gasteiger partial charge in [-0.15, -0.1) is 0 Å². The zero-order valence-corrected chi connectivity index (χ0v) is 10.2. The Kier molecular flexibility index (Phi) is 3.65. The largest absolute Gasteiger partial charge is 0.329 e. The van der Waals surface area contributed by atoms with E-state index in [0.29, 0.717) is 6.04 Å². The lowest BCUT2D eigenvalue weighted by molar-refractivity contribution is 0.0439. The van der Waals surface area contributed by atoms with Gasteiger partial charge in [0.15, 0.2) is 0 Å². The molecule has 0 spiro atoms. The van der Waals surface area contributed by atoms with Crippen molar-refractivity contribution in [3.8, 4) is 0 Å². The maximum Gasteiger partial charge on any atom is 0.0349 e. The van der Waals surface area contributed by atoms with Gasteiger partial charge >= 0.3 is 0 Å². The van der Waals surface area contributed by atoms with Gasteiger partial charge < -0.3 is 10.6 Å². The quantitative estimate of drug-likeness (QED) is 0.731. The topological polar surface area (TPSA) is 32.5 Å². The van der Waals surface area contributed by atoms with E-state index < -0.39 is 0 Å². The average molecular weight is 211 g/mol. The molecule has 88 valence electrons. The summed E-state index contributed by atoms with van der Waals surface area (Å²) in [6, 6.07) is 1.40. The van der Waals surface area contributed by atoms with Crippen molar-refractivity contribution in [3.05, 3.63) is 0 Å². The summed E-state index contributed by atoms with van der Waals surface area (Å²) in [6.45, 7) is 6.80. The number of rotatable bonds is 2. The van der Waals surface area contributed by atoms with Crippen LogP contribution in [0.25, 0.3) is 0 Å². The molecular weight excluding hydrogens is 186 g/mol. The number of nitrogens with zero attached hydrogens (tertiary/aromatic N) is 2. The molecule has 1 heterocycles. The van der Waals surface area contributed by atoms with Crippen molar-refractivity contribution >= 4 is 0 Å². The molecule has 2 aliphatic rings. The van der Waals surface area contributed by atoms with E-state index in [2.05, 4.69) is 23.8 Å². The second-order valence-electron chi connectivity index (χ2n) is 5.37. The Balaban J connectivity index is 2.00. The third-order valence-corrected chi connectivity index (χ3v) is 4.25. The Labute approximate surface area is 93.6 Å². The van der Waals surface area contributed by atoms with Crippen LogP contribution in [0.2, 0.25) is 0 Å². The van der Waals surface area contributed by atoms with Gasteiger partial charge in [0, 0.05) is 38.3 Å². The summed E-state index contributed by atoms with van der Waals surface area (Å²) >= 11 is 0. The Morgan fingerprint density at radius 3 is 2.67 bits per heavy atom. The summed E-state index contributed by atoms with van der Waals surface area (Å²) in [6.07, 6.45) is 4.21. The van der Waals surface area contributed by atoms with E-state index >= 15 is 0 Å². The summed E-state index contributed by atoms with van der Waals surface area (Å²) in [5.41, 5.74) is 5.90. The zero-order valence-electron chi connectivity index (χ0n) is 10.2. The lowest BCUT2D eigenvalue weighted by Gasteiger charge is -2.44. The number of nitrogens with two attached hydrogens (primary N) is 1. The van der Waals surface area contributed by atoms with Crippen LogP contribution in [0.15, 0.2) is 0 Å². The Morgan fingerprint density at radius 1 is 1.27 bits per heavy atom. The standard InChI is InChI=1S/C12H25N3/c1-10-4-3-5-12(10)15-7-6-14(2)9-11(15)8-13/h10-12H,3-9,13H2,1-2H3. The Bertz CT molecular complexity index is 207. The maximum absolute atomic E-state index is 5.90. The number of hydrogen-bond donors (Lipinski definition) is 1. The third-order valence-electron chi connectivity index (χ3n) is 4.25. The molecule has 0 radical (unpaired) electrons. The van der Waals surface area contributed by atoms with Gasteiger partial charge in [-0.05, 0) is 25.8 Å². The summed E-state index contributed by atoms with van der Waals surface area (Å²) in [4.78, 5) is 5.10. The predicted molar refractivity (Wildman–Crippen MR) is 63.8 cm³/mol. The van der Waals surface area contributed by atoms with Gasteiger partial charge in [-0.25, -0.2) is 0 Å². The molecule has 0 aromatic carbocycles. The molecule has 1 aliphatic heterocycles. The van der Waals surface area contributed by atoms with Gasteiger partial charge in [0.05, 0.1) is 0 Å². The van der Waals surface area contributed by atoms with Crippen molar-refractivity contribution in [3.63, 3.8) is 0 Å². The number of likely N-dealkylation sites (N-methyl/N-ethyl adjacent to an activating group) is 1. The lowest BCUT2D eigenvalue weighted by Crippen LogP contribution is -2.58. The fraction of sp³-hybridized carbons (Fsp3) is 1.00. The molecule has 0 amide bonds. The first-order valence-electron chi connectivity index (χ1n) is 6.36. The van der Waals surface area contributed by atoms with E-state index in [1.807, 2.05) is 0 Å². The summed E-state index contributed by atoms with van der Waals surface area (Å²) in [5.74, 6) is 0.877. The average Bonchev–Trinajstić information content (AvgIpc) is 2.64. The van der Waals surface area contributed by atoms with E-state index in [0.717, 1.165) is 25.0 Å². The Hall–Kier alpha value is -0.120. The molecule has 0 bridgehead atoms. The fourth-order valence-electron chi connectivity index (χ4n) is 3.29. The first kappa shape index (κ1) is 11.4. The lowest BCUT2D eigenvalue weighted by atomic mass is 10.0. The van der Waals surface area contributed by atoms with Crippen LogP contribution in [0.3, 0.4) is 0 Å². The molecule has 0 aromatic rings. The number of piperazine rings is 1. The van der Waals surface area contributed by atoms with Crippen LogP contribution in [0.1, 0.15) is 26.2 Å². The zero-order chi connectivity index (χ0) is 10.8. The van der Waals surface area contributed by atoms with E-state index in [1.54, 1.807) is 0 Å². The minimum Gasteiger partial charge on any atom is -0.329 e. The third kappa shape index (κ3) is 2.35. The van der Waals surface area contributed by atoms with Gasteiger partial charge in [-0.3, -0.25) is 4.90 Å². The van der Waals surface area contributed by atoms with Crippen molar-refractivity contribution in [1.29, 1.82) is 0 Å². The van der Waals surface area contributed by atoms with Crippen LogP contribution in [0.5, 0.6) is 0 Å². The molecule has 2 rings (SSSR count). The van der Waals surface area contributed by atoms with Gasteiger partial charge in [0.25, 0.3) is 0 Å². The van der Waals surface area contributed by atoms with Crippen LogP contribution >= 0.6 is 0 Å². The molecule has 2 fully saturated rings. The van der Waals surface area contributed by atoms with E-state index in [-0.39, 0.29) is 0 Å². The molecule has 2 N–H and O–H groups in total. The predicted octanol–water partition coefficient (Wildman–Crippen LogP) is 0.750. The van der Waals surface area contributed by atoms with Crippen molar-refractivity contribution < 1.29 is 0 Å². The van der Waals surface area contributed by atoms with Crippen LogP contribution in [0.4, 0.5) is 0 Å². The van der Waals surface area contributed by atoms with Gasteiger partial charge in [0.2, 0.25) is 0 Å². The molecule has 1 saturated carbocycles. The molecule has 3 nitrogen and oxygen atoms in total. The molecule has 3 unspecified atom stereocenters. The minimum absolute atomic E-state index is 0.592. The SMILES string of the molecule is CC1CCCC1N1CCN(C)CC1CN. The van der Waals surface area contributed by atoms with Crippen LogP contribution in [0, 0.1) is 5.92 Å². The normalized spacial score (nSPS) is 39.8. The summed E-state index contributed by atoms with van der Waals surface area (Å²) in [5, 5.41) is 0. The molecule has 0 aromatic heterocycles. The highest BCUT2D eigenvalue weighted by Crippen LogP contribution is 2.31. The first-order chi connectivity index (χ1) is 7.22. The molecule has 1 saturated heterocycles. The van der Waals surface area contributed by atoms with E-state index in [1.165, 1.54) is 32.4 Å². The Morgan fingerprint density at radius 2 is 2.07 bits per heavy atom. The fourth-order valence-corrected chi connectivity index (χ4v) is 3.29. The van der Waals surface area contributed by atoms with Crippen molar-refractivity contribution in [2.24, 2.45) is 11.7 Å². The van der Waals surface area contributed by atoms with E-state index in [9.17, 15) is 0 Å². The highest BCUT2D eigenvalue weighted by molar-refractivity contribution is 4.91. The highest BCUT2D eigenvalue weighted by Gasteiger charge is 2.35. The molecule has 3 atom stereocenters. The summed E-state index contributed by atoms with van der Waals surface area (Å²) in [7, 11) is 2.21. The molecule has 15 heavy (non-hydrogen) atoms. The highest BCUT2D eigenvalue weighted by atomic mass is 15.3. The van der Waals surface area contributed by atoms with E-state index in [4.69, 9.17) is 5.73 Å². The first-order valence-corrected chi connectivity index (χ1v) is 6.36.